The summed E-state index contributed by atoms with van der Waals surface area (Å²) < 4.78 is 4.05. The molecule has 210 valence electrons. The van der Waals surface area contributed by atoms with Crippen LogP contribution < -0.4 is 4.90 Å². The lowest BCUT2D eigenvalue weighted by Gasteiger charge is -2.39. The van der Waals surface area contributed by atoms with Gasteiger partial charge in [-0.25, -0.2) is 0 Å². The van der Waals surface area contributed by atoms with Crippen LogP contribution in [0.5, 0.6) is 0 Å². The molecule has 4 aliphatic rings. The quantitative estimate of drug-likeness (QED) is 0.438. The standard InChI is InChI=1S/C32H36N2O5S/c1-3-23(20-35)34-27-29(37)33(24-14-13-21-11-6-7-12-22(21)19-24)17-10-16-32(27)25(28(34)36)26-30(38)39-18-9-5-4-8-15-31(26,2)40-32/h6-8,10-16,19,23,25-27,35H,3-5,9,17-18,20H2,1-2H3/b15-8-/t23-,25-,26-,27?,31+,32-/m0/s1. The summed E-state index contributed by atoms with van der Waals surface area (Å²) in [5.74, 6) is -2.35. The molecular weight excluding hydrogens is 524 g/mol. The number of rotatable bonds is 4. The van der Waals surface area contributed by atoms with Crippen molar-refractivity contribution in [1.29, 1.82) is 0 Å². The Labute approximate surface area is 239 Å². The van der Waals surface area contributed by atoms with Crippen LogP contribution in [0.1, 0.15) is 39.5 Å². The maximum atomic E-state index is 14.7. The fraction of sp³-hybridized carbons (Fsp3) is 0.469. The third-order valence-corrected chi connectivity index (χ3v) is 10.9. The molecule has 0 aliphatic carbocycles. The number of ether oxygens (including phenoxy) is 1. The van der Waals surface area contributed by atoms with Crippen molar-refractivity contribution in [2.24, 2.45) is 11.8 Å². The van der Waals surface area contributed by atoms with Crippen LogP contribution in [0.4, 0.5) is 5.69 Å². The van der Waals surface area contributed by atoms with Crippen LogP contribution in [-0.4, -0.2) is 69.1 Å². The van der Waals surface area contributed by atoms with Gasteiger partial charge in [-0.3, -0.25) is 14.4 Å². The normalized spacial score (nSPS) is 33.7. The van der Waals surface area contributed by atoms with Gasteiger partial charge in [0.1, 0.15) is 6.04 Å². The molecule has 0 saturated carbocycles. The van der Waals surface area contributed by atoms with Crippen molar-refractivity contribution >= 4 is 46.0 Å². The van der Waals surface area contributed by atoms with E-state index in [1.54, 1.807) is 9.80 Å². The number of cyclic esters (lactones) is 1. The molecule has 1 spiro atoms. The van der Waals surface area contributed by atoms with Crippen molar-refractivity contribution in [3.05, 3.63) is 66.8 Å². The Bertz CT molecular complexity index is 1400. The van der Waals surface area contributed by atoms with E-state index in [-0.39, 0.29) is 24.4 Å². The van der Waals surface area contributed by atoms with Crippen LogP contribution in [-0.2, 0) is 19.1 Å². The molecule has 0 aromatic heterocycles. The summed E-state index contributed by atoms with van der Waals surface area (Å²) in [5.41, 5.74) is 0.755. The molecule has 2 fully saturated rings. The fourth-order valence-corrected chi connectivity index (χ4v) is 9.26. The lowest BCUT2D eigenvalue weighted by atomic mass is 9.74. The first-order chi connectivity index (χ1) is 19.3. The van der Waals surface area contributed by atoms with E-state index in [1.807, 2.05) is 68.5 Å². The molecule has 6 rings (SSSR count). The molecule has 2 amide bonds. The van der Waals surface area contributed by atoms with Crippen LogP contribution >= 0.6 is 11.8 Å². The van der Waals surface area contributed by atoms with Gasteiger partial charge in [0.05, 0.1) is 35.8 Å². The number of fused-ring (bicyclic) bond motifs is 3. The minimum absolute atomic E-state index is 0.194. The monoisotopic (exact) mass is 560 g/mol. The largest absolute Gasteiger partial charge is 0.465 e. The van der Waals surface area contributed by atoms with Gasteiger partial charge in [0.15, 0.2) is 0 Å². The van der Waals surface area contributed by atoms with Crippen LogP contribution in [0, 0.1) is 11.8 Å². The number of carbonyl (C=O) groups is 3. The van der Waals surface area contributed by atoms with E-state index in [2.05, 4.69) is 12.2 Å². The molecule has 8 heteroatoms. The topological polar surface area (TPSA) is 87.2 Å². The van der Waals surface area contributed by atoms with Gasteiger partial charge in [-0.2, -0.15) is 0 Å². The molecule has 2 aromatic carbocycles. The lowest BCUT2D eigenvalue weighted by molar-refractivity contribution is -0.154. The van der Waals surface area contributed by atoms with Crippen molar-refractivity contribution in [2.45, 2.75) is 61.1 Å². The number of aliphatic hydroxyl groups excluding tert-OH is 1. The minimum Gasteiger partial charge on any atom is -0.465 e. The molecule has 0 radical (unpaired) electrons. The average molecular weight is 561 g/mol. The zero-order valence-corrected chi connectivity index (χ0v) is 23.8. The number of aliphatic hydroxyl groups is 1. The fourth-order valence-electron chi connectivity index (χ4n) is 7.12. The molecule has 40 heavy (non-hydrogen) atoms. The molecule has 1 N–H and O–H groups in total. The zero-order valence-electron chi connectivity index (χ0n) is 23.0. The Balaban J connectivity index is 1.49. The van der Waals surface area contributed by atoms with Gasteiger partial charge in [0, 0.05) is 17.0 Å². The number of hydrogen-bond acceptors (Lipinski definition) is 6. The van der Waals surface area contributed by atoms with Gasteiger partial charge in [-0.1, -0.05) is 61.6 Å². The van der Waals surface area contributed by atoms with Crippen molar-refractivity contribution in [1.82, 2.24) is 4.90 Å². The third-order valence-electron chi connectivity index (χ3n) is 9.06. The molecule has 6 atom stereocenters. The van der Waals surface area contributed by atoms with Crippen LogP contribution in [0.2, 0.25) is 0 Å². The molecular formula is C32H36N2O5S. The van der Waals surface area contributed by atoms with Crippen molar-refractivity contribution in [3.8, 4) is 0 Å². The molecule has 4 heterocycles. The van der Waals surface area contributed by atoms with Crippen LogP contribution in [0.25, 0.3) is 10.8 Å². The Kier molecular flexibility index (Phi) is 7.03. The second-order valence-corrected chi connectivity index (χ2v) is 13.2. The Morgan fingerprint density at radius 2 is 1.82 bits per heavy atom. The summed E-state index contributed by atoms with van der Waals surface area (Å²) in [6.45, 7) is 4.32. The summed E-state index contributed by atoms with van der Waals surface area (Å²) in [6.07, 6.45) is 11.2. The smallest absolute Gasteiger partial charge is 0.311 e. The minimum atomic E-state index is -0.973. The highest BCUT2D eigenvalue weighted by atomic mass is 32.2. The highest BCUT2D eigenvalue weighted by Crippen LogP contribution is 2.65. The maximum absolute atomic E-state index is 14.7. The first kappa shape index (κ1) is 27.1. The molecule has 2 aromatic rings. The lowest BCUT2D eigenvalue weighted by Crippen LogP contribution is -2.56. The van der Waals surface area contributed by atoms with E-state index in [4.69, 9.17) is 4.74 Å². The molecule has 4 aliphatic heterocycles. The summed E-state index contributed by atoms with van der Waals surface area (Å²) >= 11 is 1.54. The molecule has 2 saturated heterocycles. The second kappa shape index (κ2) is 10.4. The highest BCUT2D eigenvalue weighted by molar-refractivity contribution is 8.02. The Hall–Kier alpha value is -3.10. The van der Waals surface area contributed by atoms with Gasteiger partial charge in [0.25, 0.3) is 5.91 Å². The van der Waals surface area contributed by atoms with E-state index < -0.39 is 33.4 Å². The van der Waals surface area contributed by atoms with Crippen molar-refractivity contribution < 1.29 is 24.2 Å². The van der Waals surface area contributed by atoms with Crippen molar-refractivity contribution in [3.63, 3.8) is 0 Å². The van der Waals surface area contributed by atoms with E-state index in [1.165, 1.54) is 11.8 Å². The summed E-state index contributed by atoms with van der Waals surface area (Å²) in [5, 5.41) is 12.5. The highest BCUT2D eigenvalue weighted by Gasteiger charge is 2.74. The molecule has 7 nitrogen and oxygen atoms in total. The Morgan fingerprint density at radius 3 is 2.60 bits per heavy atom. The van der Waals surface area contributed by atoms with Gasteiger partial charge in [0.2, 0.25) is 5.91 Å². The number of allylic oxidation sites excluding steroid dienone is 1. The number of likely N-dealkylation sites (tertiary alicyclic amines) is 1. The van der Waals surface area contributed by atoms with Gasteiger partial charge in [-0.15, -0.1) is 11.8 Å². The number of carbonyl (C=O) groups excluding carboxylic acids is 3. The van der Waals surface area contributed by atoms with E-state index in [9.17, 15) is 19.5 Å². The van der Waals surface area contributed by atoms with Crippen LogP contribution in [0.15, 0.2) is 66.8 Å². The van der Waals surface area contributed by atoms with Gasteiger partial charge < -0.3 is 19.6 Å². The number of nitrogens with zero attached hydrogens (tertiary/aromatic N) is 2. The summed E-state index contributed by atoms with van der Waals surface area (Å²) in [4.78, 5) is 46.1. The molecule has 0 bridgehead atoms. The summed E-state index contributed by atoms with van der Waals surface area (Å²) in [6, 6.07) is 12.6. The van der Waals surface area contributed by atoms with E-state index in [0.29, 0.717) is 19.6 Å². The number of hydrogen-bond donors (Lipinski definition) is 1. The third kappa shape index (κ3) is 4.10. The Morgan fingerprint density at radius 1 is 1.02 bits per heavy atom. The summed E-state index contributed by atoms with van der Waals surface area (Å²) in [7, 11) is 0. The number of esters is 1. The number of anilines is 1. The van der Waals surface area contributed by atoms with E-state index >= 15 is 0 Å². The predicted molar refractivity (Wildman–Crippen MR) is 157 cm³/mol. The van der Waals surface area contributed by atoms with Gasteiger partial charge in [-0.05, 0) is 55.5 Å². The number of thioether (sulfide) groups is 1. The van der Waals surface area contributed by atoms with Crippen LogP contribution in [0.3, 0.4) is 0 Å². The predicted octanol–water partition coefficient (Wildman–Crippen LogP) is 4.48. The van der Waals surface area contributed by atoms with Gasteiger partial charge >= 0.3 is 5.97 Å². The van der Waals surface area contributed by atoms with E-state index in [0.717, 1.165) is 35.7 Å². The van der Waals surface area contributed by atoms with Crippen molar-refractivity contribution in [2.75, 3.05) is 24.7 Å². The SMILES string of the molecule is CC[C@@H](CO)N1C(=O)[C@@H]2[C@H]3C(=O)OCCCC/C=C\[C@@]3(C)S[C@@]23C=CCN(c2ccc4ccccc4c2)C(=O)C13. The second-order valence-electron chi connectivity index (χ2n) is 11.4. The number of amides is 2. The number of benzene rings is 2. The first-order valence-corrected chi connectivity index (χ1v) is 15.1. The zero-order chi connectivity index (χ0) is 28.1. The average Bonchev–Trinajstić information content (AvgIpc) is 3.28. The molecule has 1 unspecified atom stereocenters. The maximum Gasteiger partial charge on any atom is 0.311 e. The first-order valence-electron chi connectivity index (χ1n) is 14.3.